The van der Waals surface area contributed by atoms with Gasteiger partial charge in [-0.25, -0.2) is 0 Å². The van der Waals surface area contributed by atoms with Gasteiger partial charge in [-0.15, -0.1) is 0 Å². The molecule has 0 spiro atoms. The standard InChI is InChI=1S/C10H18O6/c1-4(2)10-9(15)8(14)7(13)5(16-10)3-6(11)12/h4-5,7-10,13-15H,3H2,1-2H3,(H,11,12). The lowest BCUT2D eigenvalue weighted by atomic mass is 9.88. The van der Waals surface area contributed by atoms with Gasteiger partial charge in [-0.1, -0.05) is 13.8 Å². The molecule has 0 aromatic rings. The first-order valence-corrected chi connectivity index (χ1v) is 5.26. The van der Waals surface area contributed by atoms with Crippen molar-refractivity contribution in [3.63, 3.8) is 0 Å². The number of ether oxygens (including phenoxy) is 1. The number of aliphatic carboxylic acids is 1. The van der Waals surface area contributed by atoms with Crippen molar-refractivity contribution in [3.05, 3.63) is 0 Å². The highest BCUT2D eigenvalue weighted by Gasteiger charge is 2.45. The number of carboxylic acid groups (broad SMARTS) is 1. The van der Waals surface area contributed by atoms with Crippen molar-refractivity contribution in [2.24, 2.45) is 5.92 Å². The van der Waals surface area contributed by atoms with Crippen LogP contribution in [-0.2, 0) is 9.53 Å². The predicted molar refractivity (Wildman–Crippen MR) is 53.8 cm³/mol. The first-order chi connectivity index (χ1) is 7.34. The molecule has 0 amide bonds. The monoisotopic (exact) mass is 234 g/mol. The zero-order valence-electron chi connectivity index (χ0n) is 9.28. The molecule has 0 bridgehead atoms. The van der Waals surface area contributed by atoms with E-state index in [1.54, 1.807) is 13.8 Å². The molecule has 0 aliphatic carbocycles. The molecule has 1 rings (SSSR count). The van der Waals surface area contributed by atoms with Crippen LogP contribution in [0.4, 0.5) is 0 Å². The van der Waals surface area contributed by atoms with E-state index in [0.29, 0.717) is 0 Å². The van der Waals surface area contributed by atoms with E-state index >= 15 is 0 Å². The van der Waals surface area contributed by atoms with Crippen LogP contribution in [0.5, 0.6) is 0 Å². The maximum Gasteiger partial charge on any atom is 0.306 e. The Morgan fingerprint density at radius 3 is 2.19 bits per heavy atom. The van der Waals surface area contributed by atoms with E-state index in [0.717, 1.165) is 0 Å². The van der Waals surface area contributed by atoms with Crippen LogP contribution in [0.15, 0.2) is 0 Å². The third-order valence-electron chi connectivity index (χ3n) is 2.78. The average Bonchev–Trinajstić information content (AvgIpc) is 2.18. The Bertz CT molecular complexity index is 254. The summed E-state index contributed by atoms with van der Waals surface area (Å²) in [6, 6.07) is 0. The fraction of sp³-hybridized carbons (Fsp3) is 0.900. The Kier molecular flexibility index (Phi) is 4.26. The van der Waals surface area contributed by atoms with Crippen LogP contribution in [0.25, 0.3) is 0 Å². The number of aliphatic hydroxyl groups is 3. The number of hydrogen-bond acceptors (Lipinski definition) is 5. The summed E-state index contributed by atoms with van der Waals surface area (Å²) in [4.78, 5) is 10.5. The van der Waals surface area contributed by atoms with E-state index in [9.17, 15) is 20.1 Å². The predicted octanol–water partition coefficient (Wildman–Crippen LogP) is -1.03. The van der Waals surface area contributed by atoms with Crippen molar-refractivity contribution in [2.45, 2.75) is 50.8 Å². The summed E-state index contributed by atoms with van der Waals surface area (Å²) in [5.74, 6) is -1.19. The summed E-state index contributed by atoms with van der Waals surface area (Å²) < 4.78 is 5.31. The van der Waals surface area contributed by atoms with Gasteiger partial charge in [0.25, 0.3) is 0 Å². The van der Waals surface area contributed by atoms with E-state index < -0.39 is 42.9 Å². The highest BCUT2D eigenvalue weighted by atomic mass is 16.5. The average molecular weight is 234 g/mol. The molecule has 16 heavy (non-hydrogen) atoms. The van der Waals surface area contributed by atoms with E-state index in [1.807, 2.05) is 0 Å². The molecule has 6 heteroatoms. The molecule has 1 saturated heterocycles. The van der Waals surface area contributed by atoms with Crippen molar-refractivity contribution in [1.29, 1.82) is 0 Å². The highest BCUT2D eigenvalue weighted by molar-refractivity contribution is 5.67. The van der Waals surface area contributed by atoms with Crippen LogP contribution in [0.3, 0.4) is 0 Å². The van der Waals surface area contributed by atoms with Crippen LogP contribution < -0.4 is 0 Å². The van der Waals surface area contributed by atoms with Gasteiger partial charge in [-0.2, -0.15) is 0 Å². The van der Waals surface area contributed by atoms with Gasteiger partial charge < -0.3 is 25.2 Å². The van der Waals surface area contributed by atoms with E-state index in [1.165, 1.54) is 0 Å². The summed E-state index contributed by atoms with van der Waals surface area (Å²) in [6.07, 6.45) is -5.98. The smallest absolute Gasteiger partial charge is 0.306 e. The topological polar surface area (TPSA) is 107 Å². The molecule has 6 nitrogen and oxygen atoms in total. The lowest BCUT2D eigenvalue weighted by molar-refractivity contribution is -0.233. The summed E-state index contributed by atoms with van der Waals surface area (Å²) in [7, 11) is 0. The van der Waals surface area contributed by atoms with Crippen molar-refractivity contribution in [2.75, 3.05) is 0 Å². The third-order valence-corrected chi connectivity index (χ3v) is 2.78. The minimum Gasteiger partial charge on any atom is -0.481 e. The molecule has 0 aromatic heterocycles. The van der Waals surface area contributed by atoms with E-state index in [-0.39, 0.29) is 5.92 Å². The van der Waals surface area contributed by atoms with Crippen molar-refractivity contribution in [1.82, 2.24) is 0 Å². The Labute approximate surface area is 93.5 Å². The molecule has 1 heterocycles. The maximum absolute atomic E-state index is 10.5. The summed E-state index contributed by atoms with van der Waals surface area (Å²) in [5, 5.41) is 37.4. The van der Waals surface area contributed by atoms with Gasteiger partial charge in [0, 0.05) is 0 Å². The van der Waals surface area contributed by atoms with Gasteiger partial charge in [0.1, 0.15) is 18.3 Å². The number of rotatable bonds is 3. The van der Waals surface area contributed by atoms with Gasteiger partial charge in [-0.05, 0) is 5.92 Å². The Morgan fingerprint density at radius 1 is 1.19 bits per heavy atom. The van der Waals surface area contributed by atoms with Crippen molar-refractivity contribution < 1.29 is 30.0 Å². The first-order valence-electron chi connectivity index (χ1n) is 5.26. The van der Waals surface area contributed by atoms with Crippen LogP contribution in [0.2, 0.25) is 0 Å². The first kappa shape index (κ1) is 13.4. The van der Waals surface area contributed by atoms with Gasteiger partial charge >= 0.3 is 5.97 Å². The summed E-state index contributed by atoms with van der Waals surface area (Å²) >= 11 is 0. The Morgan fingerprint density at radius 2 is 1.75 bits per heavy atom. The van der Waals surface area contributed by atoms with E-state index in [2.05, 4.69) is 0 Å². The molecule has 94 valence electrons. The third kappa shape index (κ3) is 2.70. The fourth-order valence-electron chi connectivity index (χ4n) is 1.87. The van der Waals surface area contributed by atoms with Gasteiger partial charge in [0.15, 0.2) is 0 Å². The molecule has 1 fully saturated rings. The molecular formula is C10H18O6. The number of aliphatic hydroxyl groups excluding tert-OH is 3. The molecule has 0 saturated carbocycles. The quantitative estimate of drug-likeness (QED) is 0.497. The largest absolute Gasteiger partial charge is 0.481 e. The van der Waals surface area contributed by atoms with Gasteiger partial charge in [-0.3, -0.25) is 4.79 Å². The van der Waals surface area contributed by atoms with Crippen LogP contribution in [0, 0.1) is 5.92 Å². The zero-order valence-corrected chi connectivity index (χ0v) is 9.28. The molecule has 5 atom stereocenters. The van der Waals surface area contributed by atoms with Gasteiger partial charge in [0.05, 0.1) is 18.6 Å². The Balaban J connectivity index is 2.76. The van der Waals surface area contributed by atoms with E-state index in [4.69, 9.17) is 9.84 Å². The second-order valence-electron chi connectivity index (χ2n) is 4.45. The minimum atomic E-state index is -1.37. The number of hydrogen-bond donors (Lipinski definition) is 4. The van der Waals surface area contributed by atoms with Crippen molar-refractivity contribution in [3.8, 4) is 0 Å². The fourth-order valence-corrected chi connectivity index (χ4v) is 1.87. The zero-order chi connectivity index (χ0) is 12.5. The second kappa shape index (κ2) is 5.09. The maximum atomic E-state index is 10.5. The minimum absolute atomic E-state index is 0.0755. The Hall–Kier alpha value is -0.690. The lowest BCUT2D eigenvalue weighted by Crippen LogP contribution is -2.59. The van der Waals surface area contributed by atoms with Crippen LogP contribution in [-0.4, -0.2) is 56.9 Å². The molecular weight excluding hydrogens is 216 g/mol. The molecule has 0 aromatic carbocycles. The SMILES string of the molecule is CC(C)C1OC(CC(=O)O)C(O)C(O)C1O. The van der Waals surface area contributed by atoms with Gasteiger partial charge in [0.2, 0.25) is 0 Å². The molecule has 1 aliphatic heterocycles. The molecule has 1 aliphatic rings. The van der Waals surface area contributed by atoms with Crippen LogP contribution in [0.1, 0.15) is 20.3 Å². The molecule has 0 radical (unpaired) electrons. The normalized spacial score (nSPS) is 40.0. The molecule has 5 unspecified atom stereocenters. The lowest BCUT2D eigenvalue weighted by Gasteiger charge is -2.41. The summed E-state index contributed by atoms with van der Waals surface area (Å²) in [6.45, 7) is 3.58. The highest BCUT2D eigenvalue weighted by Crippen LogP contribution is 2.27. The second-order valence-corrected chi connectivity index (χ2v) is 4.45. The summed E-state index contributed by atoms with van der Waals surface area (Å²) in [5.41, 5.74) is 0. The number of carboxylic acids is 1. The van der Waals surface area contributed by atoms with Crippen molar-refractivity contribution >= 4 is 5.97 Å². The molecule has 4 N–H and O–H groups in total. The van der Waals surface area contributed by atoms with Crippen LogP contribution >= 0.6 is 0 Å². The number of carbonyl (C=O) groups is 1.